The molecule has 0 spiro atoms. The number of benzene rings is 2. The number of hydrogen-bond donors (Lipinski definition) is 2. The number of carbonyl (C=O) groups is 2. The summed E-state index contributed by atoms with van der Waals surface area (Å²) in [6, 6.07) is 16.9. The number of anilines is 1. The van der Waals surface area contributed by atoms with Crippen LogP contribution in [0.5, 0.6) is 5.75 Å². The highest BCUT2D eigenvalue weighted by Gasteiger charge is 2.15. The Kier molecular flexibility index (Phi) is 7.82. The molecule has 2 aromatic carbocycles. The van der Waals surface area contributed by atoms with E-state index in [1.807, 2.05) is 56.3 Å². The molecule has 2 N–H and O–H groups in total. The maximum atomic E-state index is 12.3. The van der Waals surface area contributed by atoms with Crippen LogP contribution in [-0.2, 0) is 9.59 Å². The lowest BCUT2D eigenvalue weighted by atomic mass is 10.1. The highest BCUT2D eigenvalue weighted by atomic mass is 16.5. The molecular formula is C21H27N3O3. The smallest absolute Gasteiger partial charge is 0.238 e. The van der Waals surface area contributed by atoms with Crippen molar-refractivity contribution in [1.29, 1.82) is 0 Å². The van der Waals surface area contributed by atoms with E-state index in [0.717, 1.165) is 5.56 Å². The number of rotatable bonds is 9. The van der Waals surface area contributed by atoms with Gasteiger partial charge in [0.25, 0.3) is 0 Å². The molecule has 0 radical (unpaired) electrons. The molecule has 6 heteroatoms. The van der Waals surface area contributed by atoms with Crippen molar-refractivity contribution >= 4 is 17.5 Å². The Hall–Kier alpha value is -2.86. The molecule has 0 heterocycles. The highest BCUT2D eigenvalue weighted by molar-refractivity contribution is 5.92. The van der Waals surface area contributed by atoms with Gasteiger partial charge in [-0.1, -0.05) is 43.3 Å². The minimum Gasteiger partial charge on any atom is -0.497 e. The number of ether oxygens (including phenoxy) is 1. The van der Waals surface area contributed by atoms with Gasteiger partial charge in [-0.05, 0) is 31.2 Å². The molecule has 0 saturated heterocycles. The van der Waals surface area contributed by atoms with Crippen LogP contribution >= 0.6 is 0 Å². The summed E-state index contributed by atoms with van der Waals surface area (Å²) in [6.07, 6.45) is 0. The quantitative estimate of drug-likeness (QED) is 0.713. The molecule has 0 bridgehead atoms. The summed E-state index contributed by atoms with van der Waals surface area (Å²) in [7, 11) is 1.58. The molecule has 0 aliphatic rings. The van der Waals surface area contributed by atoms with Crippen molar-refractivity contribution in [3.63, 3.8) is 0 Å². The molecule has 2 rings (SSSR count). The zero-order chi connectivity index (χ0) is 19.6. The number of hydrogen-bond acceptors (Lipinski definition) is 4. The Morgan fingerprint density at radius 3 is 2.41 bits per heavy atom. The van der Waals surface area contributed by atoms with Crippen LogP contribution in [0.1, 0.15) is 25.5 Å². The van der Waals surface area contributed by atoms with Crippen LogP contribution in [0.2, 0.25) is 0 Å². The van der Waals surface area contributed by atoms with Gasteiger partial charge in [-0.2, -0.15) is 0 Å². The van der Waals surface area contributed by atoms with Gasteiger partial charge in [-0.15, -0.1) is 0 Å². The highest BCUT2D eigenvalue weighted by Crippen LogP contribution is 2.16. The average Bonchev–Trinajstić information content (AvgIpc) is 2.68. The zero-order valence-electron chi connectivity index (χ0n) is 16.1. The summed E-state index contributed by atoms with van der Waals surface area (Å²) in [5.74, 6) is 0.394. The van der Waals surface area contributed by atoms with E-state index in [4.69, 9.17) is 4.74 Å². The van der Waals surface area contributed by atoms with Gasteiger partial charge in [-0.25, -0.2) is 0 Å². The van der Waals surface area contributed by atoms with Gasteiger partial charge in [0.05, 0.1) is 26.2 Å². The summed E-state index contributed by atoms with van der Waals surface area (Å²) in [5, 5.41) is 5.80. The summed E-state index contributed by atoms with van der Waals surface area (Å²) in [6.45, 7) is 4.77. The molecule has 144 valence electrons. The Balaban J connectivity index is 1.84. The fraction of sp³-hybridized carbons (Fsp3) is 0.333. The predicted octanol–water partition coefficient (Wildman–Crippen LogP) is 2.83. The molecule has 2 aromatic rings. The molecule has 0 fully saturated rings. The van der Waals surface area contributed by atoms with E-state index >= 15 is 0 Å². The first-order valence-electron chi connectivity index (χ1n) is 9.02. The maximum absolute atomic E-state index is 12.3. The van der Waals surface area contributed by atoms with Crippen molar-refractivity contribution in [3.8, 4) is 5.75 Å². The monoisotopic (exact) mass is 369 g/mol. The van der Waals surface area contributed by atoms with Crippen molar-refractivity contribution < 1.29 is 14.3 Å². The number of nitrogens with one attached hydrogen (secondary N) is 2. The Morgan fingerprint density at radius 1 is 1.04 bits per heavy atom. The largest absolute Gasteiger partial charge is 0.497 e. The predicted molar refractivity (Wildman–Crippen MR) is 107 cm³/mol. The first kappa shape index (κ1) is 20.5. The fourth-order valence-electron chi connectivity index (χ4n) is 2.70. The molecule has 2 amide bonds. The summed E-state index contributed by atoms with van der Waals surface area (Å²) < 4.78 is 5.15. The van der Waals surface area contributed by atoms with Gasteiger partial charge in [0, 0.05) is 11.8 Å². The van der Waals surface area contributed by atoms with Gasteiger partial charge < -0.3 is 15.4 Å². The number of nitrogens with zero attached hydrogens (tertiary/aromatic N) is 1. The van der Waals surface area contributed by atoms with Gasteiger partial charge in [0.2, 0.25) is 11.8 Å². The third-order valence-electron chi connectivity index (χ3n) is 4.21. The van der Waals surface area contributed by atoms with Gasteiger partial charge in [-0.3, -0.25) is 14.5 Å². The van der Waals surface area contributed by atoms with Crippen LogP contribution in [0.15, 0.2) is 54.6 Å². The lowest BCUT2D eigenvalue weighted by Gasteiger charge is -2.21. The third kappa shape index (κ3) is 6.75. The van der Waals surface area contributed by atoms with Crippen LogP contribution in [0.3, 0.4) is 0 Å². The van der Waals surface area contributed by atoms with Crippen molar-refractivity contribution in [2.75, 3.05) is 32.1 Å². The molecule has 0 aliphatic carbocycles. The average molecular weight is 369 g/mol. The number of amides is 2. The van der Waals surface area contributed by atoms with Gasteiger partial charge in [0.15, 0.2) is 0 Å². The summed E-state index contributed by atoms with van der Waals surface area (Å²) in [4.78, 5) is 26.4. The zero-order valence-corrected chi connectivity index (χ0v) is 16.1. The Labute approximate surface area is 160 Å². The lowest BCUT2D eigenvalue weighted by molar-refractivity contribution is -0.123. The number of likely N-dealkylation sites (N-methyl/N-ethyl adjacent to an activating group) is 1. The molecule has 0 saturated carbocycles. The van der Waals surface area contributed by atoms with Crippen molar-refractivity contribution in [2.24, 2.45) is 0 Å². The molecule has 0 unspecified atom stereocenters. The minimum absolute atomic E-state index is 0.0805. The Bertz CT molecular complexity index is 749. The fourth-order valence-corrected chi connectivity index (χ4v) is 2.70. The number of carbonyl (C=O) groups excluding carboxylic acids is 2. The van der Waals surface area contributed by atoms with Crippen molar-refractivity contribution in [2.45, 2.75) is 19.9 Å². The van der Waals surface area contributed by atoms with E-state index in [1.165, 1.54) is 0 Å². The lowest BCUT2D eigenvalue weighted by Crippen LogP contribution is -2.41. The first-order valence-corrected chi connectivity index (χ1v) is 9.02. The second-order valence-corrected chi connectivity index (χ2v) is 6.28. The van der Waals surface area contributed by atoms with Crippen LogP contribution in [0, 0.1) is 0 Å². The van der Waals surface area contributed by atoms with Crippen molar-refractivity contribution in [1.82, 2.24) is 10.2 Å². The molecule has 0 aliphatic heterocycles. The molecular weight excluding hydrogens is 342 g/mol. The second kappa shape index (κ2) is 10.3. The SMILES string of the molecule is CCN(CC(=O)Nc1cccc(OC)c1)CC(=O)N[C@@H](C)c1ccccc1. The normalized spacial score (nSPS) is 11.7. The maximum Gasteiger partial charge on any atom is 0.238 e. The summed E-state index contributed by atoms with van der Waals surface area (Å²) >= 11 is 0. The van der Waals surface area contributed by atoms with E-state index in [2.05, 4.69) is 10.6 Å². The summed E-state index contributed by atoms with van der Waals surface area (Å²) in [5.41, 5.74) is 1.71. The first-order chi connectivity index (χ1) is 13.0. The van der Waals surface area contributed by atoms with Crippen LogP contribution in [0.25, 0.3) is 0 Å². The van der Waals surface area contributed by atoms with Crippen LogP contribution in [0.4, 0.5) is 5.69 Å². The minimum atomic E-state index is -0.172. The molecule has 0 aromatic heterocycles. The number of methoxy groups -OCH3 is 1. The second-order valence-electron chi connectivity index (χ2n) is 6.28. The van der Waals surface area contributed by atoms with Gasteiger partial charge >= 0.3 is 0 Å². The van der Waals surface area contributed by atoms with E-state index in [-0.39, 0.29) is 30.9 Å². The molecule has 6 nitrogen and oxygen atoms in total. The standard InChI is InChI=1S/C21H27N3O3/c1-4-24(14-20(25)22-16(2)17-9-6-5-7-10-17)15-21(26)23-18-11-8-12-19(13-18)27-3/h5-13,16H,4,14-15H2,1-3H3,(H,22,25)(H,23,26)/t16-/m0/s1. The van der Waals surface area contributed by atoms with E-state index in [0.29, 0.717) is 18.0 Å². The van der Waals surface area contributed by atoms with E-state index in [9.17, 15) is 9.59 Å². The molecule has 1 atom stereocenters. The Morgan fingerprint density at radius 2 is 1.74 bits per heavy atom. The van der Waals surface area contributed by atoms with Crippen LogP contribution < -0.4 is 15.4 Å². The van der Waals surface area contributed by atoms with Crippen molar-refractivity contribution in [3.05, 3.63) is 60.2 Å². The van der Waals surface area contributed by atoms with Crippen LogP contribution in [-0.4, -0.2) is 43.5 Å². The topological polar surface area (TPSA) is 70.7 Å². The molecule has 27 heavy (non-hydrogen) atoms. The van der Waals surface area contributed by atoms with Gasteiger partial charge in [0.1, 0.15) is 5.75 Å². The third-order valence-corrected chi connectivity index (χ3v) is 4.21. The van der Waals surface area contributed by atoms with E-state index < -0.39 is 0 Å². The van der Waals surface area contributed by atoms with E-state index in [1.54, 1.807) is 24.1 Å².